The normalized spacial score (nSPS) is 19.6. The summed E-state index contributed by atoms with van der Waals surface area (Å²) in [6, 6.07) is 0. The van der Waals surface area contributed by atoms with Gasteiger partial charge in [0.05, 0.1) is 5.92 Å². The topological polar surface area (TPSA) is 84.6 Å². The van der Waals surface area contributed by atoms with Crippen molar-refractivity contribution in [1.82, 2.24) is 4.90 Å². The van der Waals surface area contributed by atoms with Gasteiger partial charge >= 0.3 is 0 Å². The molecule has 3 N–H and O–H groups in total. The van der Waals surface area contributed by atoms with Gasteiger partial charge in [0, 0.05) is 25.8 Å². The lowest BCUT2D eigenvalue weighted by Crippen LogP contribution is -2.38. The molecule has 0 radical (unpaired) electrons. The molecule has 5 heteroatoms. The van der Waals surface area contributed by atoms with Crippen LogP contribution in [0.15, 0.2) is 11.8 Å². The lowest BCUT2D eigenvalue weighted by Gasteiger charge is -2.32. The van der Waals surface area contributed by atoms with Gasteiger partial charge in [-0.1, -0.05) is 13.8 Å². The molecule has 108 valence electrons. The third kappa shape index (κ3) is 4.35. The molecule has 0 amide bonds. The Kier molecular flexibility index (Phi) is 6.02. The number of nitrogens with one attached hydrogen (secondary N) is 1. The number of aliphatic hydroxyl groups excluding tert-OH is 2. The van der Waals surface area contributed by atoms with Crippen molar-refractivity contribution in [3.05, 3.63) is 11.8 Å². The van der Waals surface area contributed by atoms with E-state index in [1.807, 2.05) is 18.7 Å². The Bertz CT molecular complexity index is 345. The van der Waals surface area contributed by atoms with Crippen LogP contribution in [0, 0.1) is 23.2 Å². The van der Waals surface area contributed by atoms with E-state index in [1.54, 1.807) is 0 Å². The van der Waals surface area contributed by atoms with Crippen molar-refractivity contribution in [3.8, 4) is 0 Å². The Morgan fingerprint density at radius 2 is 2.00 bits per heavy atom. The highest BCUT2D eigenvalue weighted by Crippen LogP contribution is 2.19. The standard InChI is InChI=1S/C14H24N2O3/c1-10(2)12(9-18)13(19)7-14(15)16-5-3-11(8-17)4-6-16/h7,9-12,15,17,19H,3-6,8H2,1-2H3/b13-7-,15-14?. The van der Waals surface area contributed by atoms with E-state index in [-0.39, 0.29) is 24.1 Å². The first-order valence-electron chi connectivity index (χ1n) is 6.79. The highest BCUT2D eigenvalue weighted by molar-refractivity contribution is 5.91. The monoisotopic (exact) mass is 268 g/mol. The SMILES string of the molecule is CC(C)C(C=O)/C(O)=C/C(=N)N1CCC(CO)CC1. The predicted molar refractivity (Wildman–Crippen MR) is 74.2 cm³/mol. The van der Waals surface area contributed by atoms with E-state index >= 15 is 0 Å². The number of nitrogens with zero attached hydrogens (tertiary/aromatic N) is 1. The minimum Gasteiger partial charge on any atom is -0.511 e. The molecule has 1 aliphatic rings. The van der Waals surface area contributed by atoms with Crippen LogP contribution in [0.4, 0.5) is 0 Å². The number of amidine groups is 1. The van der Waals surface area contributed by atoms with Crippen molar-refractivity contribution >= 4 is 12.1 Å². The van der Waals surface area contributed by atoms with Crippen molar-refractivity contribution in [2.24, 2.45) is 17.8 Å². The van der Waals surface area contributed by atoms with Gasteiger partial charge in [0.25, 0.3) is 0 Å². The number of hydrogen-bond acceptors (Lipinski definition) is 4. The number of allylic oxidation sites excluding steroid dienone is 1. The number of aliphatic hydroxyl groups is 2. The molecule has 1 saturated heterocycles. The maximum atomic E-state index is 10.9. The molecule has 0 aliphatic carbocycles. The molecule has 1 heterocycles. The van der Waals surface area contributed by atoms with Crippen LogP contribution in [0.5, 0.6) is 0 Å². The van der Waals surface area contributed by atoms with Gasteiger partial charge in [-0.3, -0.25) is 5.41 Å². The van der Waals surface area contributed by atoms with Crippen LogP contribution in [-0.2, 0) is 4.79 Å². The molecular weight excluding hydrogens is 244 g/mol. The fourth-order valence-electron chi connectivity index (χ4n) is 2.25. The molecule has 1 unspecified atom stereocenters. The molecule has 1 atom stereocenters. The fraction of sp³-hybridized carbons (Fsp3) is 0.714. The molecular formula is C14H24N2O3. The summed E-state index contributed by atoms with van der Waals surface area (Å²) in [5.74, 6) is -0.0160. The largest absolute Gasteiger partial charge is 0.511 e. The minimum absolute atomic E-state index is 0.0154. The maximum Gasteiger partial charge on any atom is 0.130 e. The van der Waals surface area contributed by atoms with Gasteiger partial charge in [0.2, 0.25) is 0 Å². The van der Waals surface area contributed by atoms with Gasteiger partial charge in [0.1, 0.15) is 17.9 Å². The zero-order valence-electron chi connectivity index (χ0n) is 11.7. The van der Waals surface area contributed by atoms with Crippen LogP contribution >= 0.6 is 0 Å². The van der Waals surface area contributed by atoms with E-state index in [4.69, 9.17) is 10.5 Å². The van der Waals surface area contributed by atoms with Gasteiger partial charge in [0.15, 0.2) is 0 Å². The molecule has 5 nitrogen and oxygen atoms in total. The first-order valence-corrected chi connectivity index (χ1v) is 6.79. The van der Waals surface area contributed by atoms with Gasteiger partial charge in [-0.15, -0.1) is 0 Å². The number of rotatable bonds is 5. The van der Waals surface area contributed by atoms with Crippen LogP contribution in [-0.4, -0.2) is 46.9 Å². The molecule has 1 aliphatic heterocycles. The predicted octanol–water partition coefficient (Wildman–Crippen LogP) is 1.58. The van der Waals surface area contributed by atoms with E-state index in [2.05, 4.69) is 0 Å². The average molecular weight is 268 g/mol. The van der Waals surface area contributed by atoms with Crippen molar-refractivity contribution in [2.75, 3.05) is 19.7 Å². The van der Waals surface area contributed by atoms with Crippen molar-refractivity contribution in [3.63, 3.8) is 0 Å². The Morgan fingerprint density at radius 3 is 2.42 bits per heavy atom. The summed E-state index contributed by atoms with van der Waals surface area (Å²) in [6.07, 6.45) is 3.81. The smallest absolute Gasteiger partial charge is 0.130 e. The Hall–Kier alpha value is -1.36. The highest BCUT2D eigenvalue weighted by atomic mass is 16.3. The van der Waals surface area contributed by atoms with Crippen LogP contribution in [0.25, 0.3) is 0 Å². The molecule has 0 bridgehead atoms. The van der Waals surface area contributed by atoms with Crippen LogP contribution < -0.4 is 0 Å². The second-order valence-corrected chi connectivity index (χ2v) is 5.47. The van der Waals surface area contributed by atoms with E-state index in [9.17, 15) is 9.90 Å². The number of hydrogen-bond donors (Lipinski definition) is 3. The van der Waals surface area contributed by atoms with Crippen molar-refractivity contribution < 1.29 is 15.0 Å². The van der Waals surface area contributed by atoms with E-state index in [0.717, 1.165) is 19.1 Å². The van der Waals surface area contributed by atoms with E-state index in [0.29, 0.717) is 19.0 Å². The Morgan fingerprint density at radius 1 is 1.42 bits per heavy atom. The molecule has 1 rings (SSSR count). The molecule has 0 spiro atoms. The average Bonchev–Trinajstić information content (AvgIpc) is 2.39. The zero-order chi connectivity index (χ0) is 14.4. The summed E-state index contributed by atoms with van der Waals surface area (Å²) in [5.41, 5.74) is 0. The molecule has 0 aromatic heterocycles. The summed E-state index contributed by atoms with van der Waals surface area (Å²) >= 11 is 0. The summed E-state index contributed by atoms with van der Waals surface area (Å²) in [7, 11) is 0. The third-order valence-electron chi connectivity index (χ3n) is 3.70. The molecule has 1 fully saturated rings. The van der Waals surface area contributed by atoms with Crippen LogP contribution in [0.2, 0.25) is 0 Å². The number of aldehydes is 1. The number of piperidine rings is 1. The molecule has 0 saturated carbocycles. The minimum atomic E-state index is -0.546. The third-order valence-corrected chi connectivity index (χ3v) is 3.70. The number of carbonyl (C=O) groups excluding carboxylic acids is 1. The fourth-order valence-corrected chi connectivity index (χ4v) is 2.25. The molecule has 19 heavy (non-hydrogen) atoms. The van der Waals surface area contributed by atoms with Crippen molar-refractivity contribution in [2.45, 2.75) is 26.7 Å². The summed E-state index contributed by atoms with van der Waals surface area (Å²) in [5, 5.41) is 26.9. The summed E-state index contributed by atoms with van der Waals surface area (Å²) in [4.78, 5) is 12.8. The number of likely N-dealkylation sites (tertiary alicyclic amines) is 1. The maximum absolute atomic E-state index is 10.9. The van der Waals surface area contributed by atoms with Gasteiger partial charge in [-0.25, -0.2) is 0 Å². The Labute approximate surface area is 114 Å². The van der Waals surface area contributed by atoms with Gasteiger partial charge in [-0.2, -0.15) is 0 Å². The van der Waals surface area contributed by atoms with E-state index < -0.39 is 5.92 Å². The van der Waals surface area contributed by atoms with Crippen LogP contribution in [0.3, 0.4) is 0 Å². The lowest BCUT2D eigenvalue weighted by molar-refractivity contribution is -0.111. The zero-order valence-corrected chi connectivity index (χ0v) is 11.7. The number of carbonyl (C=O) groups is 1. The quantitative estimate of drug-likeness (QED) is 0.306. The Balaban J connectivity index is 2.61. The second-order valence-electron chi connectivity index (χ2n) is 5.47. The first-order chi connectivity index (χ1) is 8.99. The van der Waals surface area contributed by atoms with Crippen LogP contribution in [0.1, 0.15) is 26.7 Å². The summed E-state index contributed by atoms with van der Waals surface area (Å²) < 4.78 is 0. The van der Waals surface area contributed by atoms with E-state index in [1.165, 1.54) is 6.08 Å². The van der Waals surface area contributed by atoms with Crippen molar-refractivity contribution in [1.29, 1.82) is 5.41 Å². The first kappa shape index (κ1) is 15.7. The second kappa shape index (κ2) is 7.28. The van der Waals surface area contributed by atoms with Gasteiger partial charge in [-0.05, 0) is 24.7 Å². The lowest BCUT2D eigenvalue weighted by atomic mass is 9.94. The molecule has 0 aromatic rings. The van der Waals surface area contributed by atoms with Gasteiger partial charge < -0.3 is 19.9 Å². The molecule has 0 aromatic carbocycles. The summed E-state index contributed by atoms with van der Waals surface area (Å²) in [6.45, 7) is 5.34. The highest BCUT2D eigenvalue weighted by Gasteiger charge is 2.22.